The second kappa shape index (κ2) is 4.42. The molecule has 0 aromatic carbocycles. The molecule has 0 spiro atoms. The third kappa shape index (κ3) is 2.11. The van der Waals surface area contributed by atoms with Crippen LogP contribution >= 0.6 is 0 Å². The minimum absolute atomic E-state index is 0.101. The average molecular weight is 236 g/mol. The fourth-order valence-corrected chi connectivity index (χ4v) is 2.99. The van der Waals surface area contributed by atoms with Crippen LogP contribution < -0.4 is 10.6 Å². The summed E-state index contributed by atoms with van der Waals surface area (Å²) in [5.74, 6) is 0.638. The van der Waals surface area contributed by atoms with E-state index in [-0.39, 0.29) is 5.91 Å². The van der Waals surface area contributed by atoms with E-state index in [1.165, 1.54) is 18.4 Å². The van der Waals surface area contributed by atoms with Crippen LogP contribution in [0.2, 0.25) is 0 Å². The molecule has 1 amide bonds. The lowest BCUT2D eigenvalue weighted by Crippen LogP contribution is -2.39. The molecular weight excluding hydrogens is 216 g/mol. The van der Waals surface area contributed by atoms with Crippen LogP contribution in [0.25, 0.3) is 0 Å². The molecule has 4 heteroatoms. The van der Waals surface area contributed by atoms with Gasteiger partial charge in [-0.2, -0.15) is 0 Å². The first-order chi connectivity index (χ1) is 8.24. The van der Waals surface area contributed by atoms with Gasteiger partial charge in [-0.05, 0) is 31.8 Å². The van der Waals surface area contributed by atoms with E-state index >= 15 is 0 Å². The molecule has 3 rings (SSSR count). The van der Waals surface area contributed by atoms with Crippen molar-refractivity contribution in [2.45, 2.75) is 38.4 Å². The van der Waals surface area contributed by atoms with E-state index in [2.05, 4.69) is 10.6 Å². The quantitative estimate of drug-likeness (QED) is 0.705. The summed E-state index contributed by atoms with van der Waals surface area (Å²) in [5.41, 5.74) is 2.14. The van der Waals surface area contributed by atoms with Gasteiger partial charge in [-0.3, -0.25) is 4.79 Å². The molecule has 0 saturated carbocycles. The second-order valence-electron chi connectivity index (χ2n) is 5.41. The summed E-state index contributed by atoms with van der Waals surface area (Å²) in [4.78, 5) is 11.9. The number of nitrogens with one attached hydrogen (secondary N) is 2. The van der Waals surface area contributed by atoms with Gasteiger partial charge in [0, 0.05) is 31.1 Å². The first kappa shape index (κ1) is 11.2. The van der Waals surface area contributed by atoms with Crippen molar-refractivity contribution >= 4 is 5.91 Å². The van der Waals surface area contributed by atoms with Crippen LogP contribution in [0.1, 0.15) is 26.2 Å². The zero-order valence-electron chi connectivity index (χ0n) is 10.3. The highest BCUT2D eigenvalue weighted by atomic mass is 16.5. The molecule has 3 saturated heterocycles. The normalized spacial score (nSPS) is 34.6. The Hall–Kier alpha value is -0.870. The van der Waals surface area contributed by atoms with E-state index in [1.54, 1.807) is 0 Å². The Balaban J connectivity index is 1.49. The van der Waals surface area contributed by atoms with Crippen molar-refractivity contribution in [2.24, 2.45) is 5.92 Å². The molecule has 4 nitrogen and oxygen atoms in total. The summed E-state index contributed by atoms with van der Waals surface area (Å²) < 4.78 is 5.78. The highest BCUT2D eigenvalue weighted by Gasteiger charge is 2.40. The fourth-order valence-electron chi connectivity index (χ4n) is 2.99. The first-order valence-corrected chi connectivity index (χ1v) is 6.57. The predicted molar refractivity (Wildman–Crippen MR) is 64.6 cm³/mol. The van der Waals surface area contributed by atoms with Crippen LogP contribution in [0.4, 0.5) is 0 Å². The van der Waals surface area contributed by atoms with Gasteiger partial charge in [-0.1, -0.05) is 0 Å². The van der Waals surface area contributed by atoms with Gasteiger partial charge in [0.15, 0.2) is 0 Å². The minimum atomic E-state index is 0.101. The van der Waals surface area contributed by atoms with Gasteiger partial charge < -0.3 is 15.4 Å². The number of hydrogen-bond donors (Lipinski definition) is 2. The third-order valence-corrected chi connectivity index (χ3v) is 4.30. The fraction of sp³-hybridized carbons (Fsp3) is 0.769. The number of carbonyl (C=O) groups is 1. The van der Waals surface area contributed by atoms with E-state index in [0.29, 0.717) is 18.1 Å². The summed E-state index contributed by atoms with van der Waals surface area (Å²) in [7, 11) is 0. The monoisotopic (exact) mass is 236 g/mol. The van der Waals surface area contributed by atoms with E-state index in [9.17, 15) is 4.79 Å². The molecule has 17 heavy (non-hydrogen) atoms. The Kier molecular flexibility index (Phi) is 2.92. The van der Waals surface area contributed by atoms with Gasteiger partial charge in [0.25, 0.3) is 0 Å². The average Bonchev–Trinajstić information content (AvgIpc) is 2.84. The molecule has 3 atom stereocenters. The lowest BCUT2D eigenvalue weighted by molar-refractivity contribution is -0.117. The summed E-state index contributed by atoms with van der Waals surface area (Å²) in [6.07, 6.45) is 4.39. The summed E-state index contributed by atoms with van der Waals surface area (Å²) in [6, 6.07) is 0. The maximum Gasteiger partial charge on any atom is 0.246 e. The molecular formula is C13H20N2O2. The largest absolute Gasteiger partial charge is 0.375 e. The van der Waals surface area contributed by atoms with E-state index in [0.717, 1.165) is 31.6 Å². The van der Waals surface area contributed by atoms with Crippen molar-refractivity contribution in [3.63, 3.8) is 0 Å². The molecule has 3 fully saturated rings. The lowest BCUT2D eigenvalue weighted by atomic mass is 9.89. The Morgan fingerprint density at radius 2 is 2.29 bits per heavy atom. The van der Waals surface area contributed by atoms with Crippen molar-refractivity contribution in [1.29, 1.82) is 0 Å². The Bertz CT molecular complexity index is 358. The molecule has 94 valence electrons. The number of amides is 1. The van der Waals surface area contributed by atoms with Crippen molar-refractivity contribution in [1.82, 2.24) is 10.6 Å². The predicted octanol–water partition coefficient (Wildman–Crippen LogP) is 0.590. The molecule has 3 heterocycles. The maximum absolute atomic E-state index is 11.9. The van der Waals surface area contributed by atoms with Crippen molar-refractivity contribution in [3.8, 4) is 0 Å². The molecule has 2 N–H and O–H groups in total. The second-order valence-corrected chi connectivity index (χ2v) is 5.41. The van der Waals surface area contributed by atoms with E-state index in [4.69, 9.17) is 4.74 Å². The number of rotatable bonds is 3. The Labute approximate surface area is 102 Å². The van der Waals surface area contributed by atoms with E-state index < -0.39 is 0 Å². The Morgan fingerprint density at radius 3 is 2.82 bits per heavy atom. The molecule has 2 bridgehead atoms. The van der Waals surface area contributed by atoms with Crippen LogP contribution in [0.3, 0.4) is 0 Å². The molecule has 0 radical (unpaired) electrons. The molecule has 3 aliphatic rings. The SMILES string of the molecule is CC(C(=O)NCC1CC2CCC1O2)=C1CNC1. The zero-order valence-corrected chi connectivity index (χ0v) is 10.3. The number of carbonyl (C=O) groups excluding carboxylic acids is 1. The lowest BCUT2D eigenvalue weighted by Gasteiger charge is -2.23. The standard InChI is InChI=1S/C13H20N2O2/c1-8(10-5-14-6-10)13(16)15-7-9-4-11-2-3-12(9)17-11/h9,11-12,14H,2-7H2,1H3,(H,15,16). The van der Waals surface area contributed by atoms with Gasteiger partial charge in [-0.15, -0.1) is 0 Å². The molecule has 0 aromatic rings. The number of ether oxygens (including phenoxy) is 1. The molecule has 0 aromatic heterocycles. The number of fused-ring (bicyclic) bond motifs is 2. The van der Waals surface area contributed by atoms with Gasteiger partial charge in [0.2, 0.25) is 5.91 Å². The van der Waals surface area contributed by atoms with Gasteiger partial charge in [-0.25, -0.2) is 0 Å². The molecule has 3 unspecified atom stereocenters. The van der Waals surface area contributed by atoms with Crippen LogP contribution in [0, 0.1) is 5.92 Å². The number of hydrogen-bond acceptors (Lipinski definition) is 3. The van der Waals surface area contributed by atoms with Crippen molar-refractivity contribution in [3.05, 3.63) is 11.1 Å². The highest BCUT2D eigenvalue weighted by molar-refractivity contribution is 5.93. The molecule has 0 aliphatic carbocycles. The van der Waals surface area contributed by atoms with Gasteiger partial charge in [0.05, 0.1) is 12.2 Å². The third-order valence-electron chi connectivity index (χ3n) is 4.30. The van der Waals surface area contributed by atoms with Crippen molar-refractivity contribution in [2.75, 3.05) is 19.6 Å². The van der Waals surface area contributed by atoms with Gasteiger partial charge >= 0.3 is 0 Å². The highest BCUT2D eigenvalue weighted by Crippen LogP contribution is 2.38. The first-order valence-electron chi connectivity index (χ1n) is 6.57. The van der Waals surface area contributed by atoms with Gasteiger partial charge in [0.1, 0.15) is 0 Å². The Morgan fingerprint density at radius 1 is 1.47 bits per heavy atom. The van der Waals surface area contributed by atoms with Crippen LogP contribution in [-0.4, -0.2) is 37.7 Å². The summed E-state index contributed by atoms with van der Waals surface area (Å²) in [6.45, 7) is 4.44. The maximum atomic E-state index is 11.9. The smallest absolute Gasteiger partial charge is 0.246 e. The molecule has 3 aliphatic heterocycles. The summed E-state index contributed by atoms with van der Waals surface area (Å²) in [5, 5.41) is 6.21. The van der Waals surface area contributed by atoms with E-state index in [1.807, 2.05) is 6.92 Å². The van der Waals surface area contributed by atoms with Crippen LogP contribution in [-0.2, 0) is 9.53 Å². The summed E-state index contributed by atoms with van der Waals surface area (Å²) >= 11 is 0. The zero-order chi connectivity index (χ0) is 11.8. The topological polar surface area (TPSA) is 50.4 Å². The van der Waals surface area contributed by atoms with Crippen LogP contribution in [0.15, 0.2) is 11.1 Å². The minimum Gasteiger partial charge on any atom is -0.375 e. The van der Waals surface area contributed by atoms with Crippen LogP contribution in [0.5, 0.6) is 0 Å². The van der Waals surface area contributed by atoms with Crippen molar-refractivity contribution < 1.29 is 9.53 Å².